The van der Waals surface area contributed by atoms with Crippen molar-refractivity contribution in [2.45, 2.75) is 0 Å². The fourth-order valence-corrected chi connectivity index (χ4v) is 1.39. The minimum absolute atomic E-state index is 0.365. The van der Waals surface area contributed by atoms with E-state index in [0.29, 0.717) is 16.0 Å². The molecule has 17 heavy (non-hydrogen) atoms. The fourth-order valence-electron chi connectivity index (χ4n) is 1.12. The molecule has 1 N–H and O–H groups in total. The van der Waals surface area contributed by atoms with Gasteiger partial charge < -0.3 is 0 Å². The number of rotatable bonds is 3. The first-order valence-corrected chi connectivity index (χ1v) is 5.52. The van der Waals surface area contributed by atoms with E-state index in [2.05, 4.69) is 20.5 Å². The summed E-state index contributed by atoms with van der Waals surface area (Å²) < 4.78 is 0. The number of benzene rings is 1. The first-order valence-electron chi connectivity index (χ1n) is 4.76. The van der Waals surface area contributed by atoms with E-state index in [1.807, 2.05) is 12.1 Å². The molecule has 1 aromatic carbocycles. The third-order valence-corrected chi connectivity index (χ3v) is 2.36. The predicted octanol–water partition coefficient (Wildman–Crippen LogP) is 3.23. The van der Waals surface area contributed by atoms with E-state index in [0.717, 1.165) is 5.56 Å². The lowest BCUT2D eigenvalue weighted by Gasteiger charge is -1.98. The number of halogens is 2. The molecule has 0 spiro atoms. The fraction of sp³-hybridized carbons (Fsp3) is 0. The molecule has 6 heteroatoms. The van der Waals surface area contributed by atoms with E-state index < -0.39 is 0 Å². The third kappa shape index (κ3) is 3.69. The van der Waals surface area contributed by atoms with Crippen molar-refractivity contribution in [2.24, 2.45) is 5.10 Å². The summed E-state index contributed by atoms with van der Waals surface area (Å²) in [5.41, 5.74) is 3.68. The molecule has 0 saturated heterocycles. The zero-order valence-electron chi connectivity index (χ0n) is 8.64. The van der Waals surface area contributed by atoms with Crippen molar-refractivity contribution in [3.8, 4) is 0 Å². The van der Waals surface area contributed by atoms with Crippen molar-refractivity contribution < 1.29 is 0 Å². The second-order valence-electron chi connectivity index (χ2n) is 3.15. The lowest BCUT2D eigenvalue weighted by molar-refractivity contribution is 1.14. The minimum atomic E-state index is 0.365. The Balaban J connectivity index is 2.00. The van der Waals surface area contributed by atoms with Crippen LogP contribution < -0.4 is 5.43 Å². The largest absolute Gasteiger partial charge is 0.261 e. The lowest BCUT2D eigenvalue weighted by Crippen LogP contribution is -1.93. The monoisotopic (exact) mass is 266 g/mol. The van der Waals surface area contributed by atoms with Crippen LogP contribution in [0.15, 0.2) is 41.8 Å². The van der Waals surface area contributed by atoms with E-state index in [9.17, 15) is 0 Å². The molecule has 0 atom stereocenters. The maximum Gasteiger partial charge on any atom is 0.151 e. The Morgan fingerprint density at radius 2 is 1.88 bits per heavy atom. The number of hydrogen-bond donors (Lipinski definition) is 1. The normalized spacial score (nSPS) is 10.7. The summed E-state index contributed by atoms with van der Waals surface area (Å²) in [7, 11) is 0. The van der Waals surface area contributed by atoms with Crippen LogP contribution in [-0.4, -0.2) is 16.2 Å². The van der Waals surface area contributed by atoms with Gasteiger partial charge in [0, 0.05) is 11.1 Å². The molecule has 1 heterocycles. The van der Waals surface area contributed by atoms with Crippen LogP contribution in [0.2, 0.25) is 10.2 Å². The molecule has 0 amide bonds. The van der Waals surface area contributed by atoms with Crippen LogP contribution in [0.1, 0.15) is 5.56 Å². The van der Waals surface area contributed by atoms with E-state index in [4.69, 9.17) is 23.2 Å². The maximum absolute atomic E-state index is 5.77. The molecular weight excluding hydrogens is 259 g/mol. The summed E-state index contributed by atoms with van der Waals surface area (Å²) in [5.74, 6) is 0.537. The molecule has 0 unspecified atom stereocenters. The Hall–Kier alpha value is -1.65. The number of anilines is 1. The van der Waals surface area contributed by atoms with Gasteiger partial charge in [-0.25, -0.2) is 9.97 Å². The van der Waals surface area contributed by atoms with Crippen LogP contribution in [0.3, 0.4) is 0 Å². The number of nitrogens with one attached hydrogen (secondary N) is 1. The van der Waals surface area contributed by atoms with E-state index in [-0.39, 0.29) is 0 Å². The van der Waals surface area contributed by atoms with Crippen molar-refractivity contribution >= 4 is 35.2 Å². The summed E-state index contributed by atoms with van der Waals surface area (Å²) in [4.78, 5) is 7.71. The van der Waals surface area contributed by atoms with Crippen LogP contribution in [-0.2, 0) is 0 Å². The number of hydrogen-bond acceptors (Lipinski definition) is 4. The molecule has 0 bridgehead atoms. The molecule has 0 fully saturated rings. The Morgan fingerprint density at radius 3 is 2.59 bits per heavy atom. The number of hydrazone groups is 1. The van der Waals surface area contributed by atoms with Gasteiger partial charge in [-0.1, -0.05) is 35.3 Å². The van der Waals surface area contributed by atoms with Crippen molar-refractivity contribution in [1.29, 1.82) is 0 Å². The molecule has 1 aromatic heterocycles. The minimum Gasteiger partial charge on any atom is -0.261 e. The first kappa shape index (κ1) is 11.8. The Morgan fingerprint density at radius 1 is 1.12 bits per heavy atom. The highest BCUT2D eigenvalue weighted by molar-refractivity contribution is 6.30. The van der Waals surface area contributed by atoms with Gasteiger partial charge in [0.1, 0.15) is 11.5 Å². The maximum atomic E-state index is 5.77. The van der Waals surface area contributed by atoms with Crippen molar-refractivity contribution in [2.75, 3.05) is 5.43 Å². The summed E-state index contributed by atoms with van der Waals surface area (Å²) in [6.07, 6.45) is 3.02. The van der Waals surface area contributed by atoms with Gasteiger partial charge in [0.05, 0.1) is 6.21 Å². The topological polar surface area (TPSA) is 50.2 Å². The van der Waals surface area contributed by atoms with Crippen LogP contribution >= 0.6 is 23.2 Å². The van der Waals surface area contributed by atoms with Crippen molar-refractivity contribution in [1.82, 2.24) is 9.97 Å². The molecule has 0 radical (unpaired) electrons. The van der Waals surface area contributed by atoms with Gasteiger partial charge in [0.15, 0.2) is 5.82 Å². The van der Waals surface area contributed by atoms with Gasteiger partial charge in [0.25, 0.3) is 0 Å². The van der Waals surface area contributed by atoms with Gasteiger partial charge >= 0.3 is 0 Å². The number of nitrogens with zero attached hydrogens (tertiary/aromatic N) is 3. The Bertz CT molecular complexity index is 525. The standard InChI is InChI=1S/C11H8Cl2N4/c12-9-3-1-8(2-4-9)6-16-17-11-5-10(13)14-7-15-11/h1-7H,(H,14,15,17)/b16-6+. The highest BCUT2D eigenvalue weighted by Gasteiger charge is 1.93. The smallest absolute Gasteiger partial charge is 0.151 e. The van der Waals surface area contributed by atoms with Gasteiger partial charge in [-0.15, -0.1) is 0 Å². The summed E-state index contributed by atoms with van der Waals surface area (Å²) >= 11 is 11.5. The molecule has 2 rings (SSSR count). The van der Waals surface area contributed by atoms with Gasteiger partial charge in [0.2, 0.25) is 0 Å². The highest BCUT2D eigenvalue weighted by atomic mass is 35.5. The second kappa shape index (κ2) is 5.61. The zero-order valence-corrected chi connectivity index (χ0v) is 10.2. The molecule has 0 aliphatic heterocycles. The van der Waals surface area contributed by atoms with Crippen LogP contribution in [0.5, 0.6) is 0 Å². The van der Waals surface area contributed by atoms with Crippen LogP contribution in [0, 0.1) is 0 Å². The lowest BCUT2D eigenvalue weighted by atomic mass is 10.2. The van der Waals surface area contributed by atoms with Crippen LogP contribution in [0.4, 0.5) is 5.82 Å². The Kier molecular flexibility index (Phi) is 3.90. The van der Waals surface area contributed by atoms with Crippen molar-refractivity contribution in [3.05, 3.63) is 52.4 Å². The molecule has 2 aromatic rings. The molecule has 0 aliphatic rings. The first-order chi connectivity index (χ1) is 8.24. The zero-order chi connectivity index (χ0) is 12.1. The molecule has 0 aliphatic carbocycles. The van der Waals surface area contributed by atoms with Gasteiger partial charge in [-0.2, -0.15) is 5.10 Å². The Labute approximate surface area is 108 Å². The third-order valence-electron chi connectivity index (χ3n) is 1.90. The van der Waals surface area contributed by atoms with Crippen molar-refractivity contribution in [3.63, 3.8) is 0 Å². The van der Waals surface area contributed by atoms with E-state index >= 15 is 0 Å². The average molecular weight is 267 g/mol. The predicted molar refractivity (Wildman–Crippen MR) is 69.7 cm³/mol. The highest BCUT2D eigenvalue weighted by Crippen LogP contribution is 2.09. The molecule has 86 valence electrons. The summed E-state index contributed by atoms with van der Waals surface area (Å²) in [5, 5.41) is 5.07. The molecule has 4 nitrogen and oxygen atoms in total. The van der Waals surface area contributed by atoms with E-state index in [1.54, 1.807) is 24.4 Å². The molecule has 0 saturated carbocycles. The summed E-state index contributed by atoms with van der Waals surface area (Å²) in [6, 6.07) is 8.90. The summed E-state index contributed by atoms with van der Waals surface area (Å²) in [6.45, 7) is 0. The van der Waals surface area contributed by atoms with E-state index in [1.165, 1.54) is 6.33 Å². The average Bonchev–Trinajstić information content (AvgIpc) is 2.32. The van der Waals surface area contributed by atoms with Gasteiger partial charge in [-0.3, -0.25) is 5.43 Å². The van der Waals surface area contributed by atoms with Crippen LogP contribution in [0.25, 0.3) is 0 Å². The quantitative estimate of drug-likeness (QED) is 0.527. The molecular formula is C11H8Cl2N4. The SMILES string of the molecule is Clc1ccc(/C=N/Nc2cc(Cl)ncn2)cc1. The number of aromatic nitrogens is 2. The second-order valence-corrected chi connectivity index (χ2v) is 3.97. The van der Waals surface area contributed by atoms with Gasteiger partial charge in [-0.05, 0) is 17.7 Å².